The number of benzene rings is 1. The minimum atomic E-state index is -0.879. The fourth-order valence-electron chi connectivity index (χ4n) is 2.89. The van der Waals surface area contributed by atoms with Crippen molar-refractivity contribution in [1.82, 2.24) is 4.90 Å². The number of carboxylic acid groups (broad SMARTS) is 1. The van der Waals surface area contributed by atoms with E-state index >= 15 is 0 Å². The van der Waals surface area contributed by atoms with Gasteiger partial charge < -0.3 is 10.0 Å². The average Bonchev–Trinajstić information content (AvgIpc) is 2.95. The predicted octanol–water partition coefficient (Wildman–Crippen LogP) is 3.26. The molecule has 0 aliphatic carbocycles. The van der Waals surface area contributed by atoms with Gasteiger partial charge in [-0.05, 0) is 25.0 Å². The first kappa shape index (κ1) is 14.3. The molecule has 0 saturated carbocycles. The Morgan fingerprint density at radius 3 is 2.90 bits per heavy atom. The second-order valence-corrected chi connectivity index (χ2v) is 6.15. The number of nitrogens with zero attached hydrogens (tertiary/aromatic N) is 1. The van der Waals surface area contributed by atoms with Crippen LogP contribution in [0, 0.1) is 6.92 Å². The van der Waals surface area contributed by atoms with Crippen molar-refractivity contribution >= 4 is 34.7 Å². The molecule has 0 fully saturated rings. The third-order valence-electron chi connectivity index (χ3n) is 3.88. The van der Waals surface area contributed by atoms with Gasteiger partial charge in [-0.3, -0.25) is 0 Å². The van der Waals surface area contributed by atoms with Crippen LogP contribution in [0.25, 0.3) is 0 Å². The number of carbonyl (C=O) groups is 1. The molecule has 2 aliphatic rings. The van der Waals surface area contributed by atoms with E-state index in [1.807, 2.05) is 36.1 Å². The smallest absolute Gasteiger partial charge is 0.333 e. The van der Waals surface area contributed by atoms with Crippen LogP contribution in [0.1, 0.15) is 17.5 Å². The van der Waals surface area contributed by atoms with E-state index in [0.29, 0.717) is 29.3 Å². The van der Waals surface area contributed by atoms with E-state index in [9.17, 15) is 9.90 Å². The Labute approximate surface area is 133 Å². The predicted molar refractivity (Wildman–Crippen MR) is 86.6 cm³/mol. The van der Waals surface area contributed by atoms with Crippen molar-refractivity contribution in [2.24, 2.45) is 0 Å². The molecule has 1 atom stereocenters. The van der Waals surface area contributed by atoms with Gasteiger partial charge in [0.25, 0.3) is 0 Å². The molecular weight excluding hydrogens is 306 g/mol. The quantitative estimate of drug-likeness (QED) is 0.686. The molecule has 0 radical (unpaired) electrons. The lowest BCUT2D eigenvalue weighted by Gasteiger charge is -2.26. The summed E-state index contributed by atoms with van der Waals surface area (Å²) in [4.78, 5) is 14.0. The Kier molecular flexibility index (Phi) is 3.59. The van der Waals surface area contributed by atoms with Crippen molar-refractivity contribution in [3.8, 4) is 0 Å². The maximum Gasteiger partial charge on any atom is 0.333 e. The van der Waals surface area contributed by atoms with E-state index in [1.54, 1.807) is 6.08 Å². The van der Waals surface area contributed by atoms with E-state index in [4.69, 9.17) is 23.8 Å². The van der Waals surface area contributed by atoms with Crippen molar-refractivity contribution in [3.05, 3.63) is 57.8 Å². The Bertz CT molecular complexity index is 708. The number of aryl methyl sites for hydroxylation is 1. The third-order valence-corrected chi connectivity index (χ3v) is 4.65. The second kappa shape index (κ2) is 5.28. The molecule has 0 spiro atoms. The van der Waals surface area contributed by atoms with Crippen LogP contribution in [0.2, 0.25) is 0 Å². The number of hydrogen-bond donors (Lipinski definition) is 1. The number of allylic oxidation sites excluding steroid dienone is 1. The first-order chi connectivity index (χ1) is 9.99. The highest BCUT2D eigenvalue weighted by atomic mass is 35.5. The highest BCUT2D eigenvalue weighted by Crippen LogP contribution is 2.38. The fraction of sp³-hybridized carbons (Fsp3) is 0.250. The van der Waals surface area contributed by atoms with Gasteiger partial charge in [0.15, 0.2) is 0 Å². The van der Waals surface area contributed by atoms with Crippen LogP contribution in [-0.4, -0.2) is 33.4 Å². The molecule has 1 aromatic carbocycles. The first-order valence-corrected chi connectivity index (χ1v) is 7.48. The lowest BCUT2D eigenvalue weighted by molar-refractivity contribution is -0.132. The van der Waals surface area contributed by atoms with Crippen LogP contribution in [-0.2, 0) is 4.79 Å². The van der Waals surface area contributed by atoms with Crippen LogP contribution < -0.4 is 0 Å². The molecule has 3 rings (SSSR count). The van der Waals surface area contributed by atoms with Crippen molar-refractivity contribution in [2.75, 3.05) is 6.54 Å². The fourth-order valence-corrected chi connectivity index (χ4v) is 3.67. The molecule has 1 N–H and O–H groups in total. The van der Waals surface area contributed by atoms with E-state index in [1.165, 1.54) is 0 Å². The number of carboxylic acids is 1. The van der Waals surface area contributed by atoms with E-state index in [-0.39, 0.29) is 6.04 Å². The maximum absolute atomic E-state index is 11.3. The van der Waals surface area contributed by atoms with Gasteiger partial charge in [0, 0.05) is 17.3 Å². The summed E-state index contributed by atoms with van der Waals surface area (Å²) in [5.74, 6) is -0.879. The molecule has 1 aromatic rings. The highest BCUT2D eigenvalue weighted by Gasteiger charge is 2.39. The maximum atomic E-state index is 11.3. The normalized spacial score (nSPS) is 20.6. The topological polar surface area (TPSA) is 40.5 Å². The van der Waals surface area contributed by atoms with Crippen LogP contribution in [0.3, 0.4) is 0 Å². The van der Waals surface area contributed by atoms with Crippen LogP contribution in [0.15, 0.2) is 46.6 Å². The van der Waals surface area contributed by atoms with Gasteiger partial charge in [-0.25, -0.2) is 4.79 Å². The Morgan fingerprint density at radius 2 is 2.24 bits per heavy atom. The average molecular weight is 320 g/mol. The summed E-state index contributed by atoms with van der Waals surface area (Å²) in [6, 6.07) is 7.75. The molecule has 0 aromatic heterocycles. The van der Waals surface area contributed by atoms with Gasteiger partial charge in [-0.1, -0.05) is 53.6 Å². The number of rotatable bonds is 3. The summed E-state index contributed by atoms with van der Waals surface area (Å²) in [5.41, 5.74) is 3.22. The summed E-state index contributed by atoms with van der Waals surface area (Å²) in [6.07, 6.45) is 2.27. The molecule has 1 unspecified atom stereocenters. The van der Waals surface area contributed by atoms with Crippen LogP contribution >= 0.6 is 23.8 Å². The number of halogens is 1. The van der Waals surface area contributed by atoms with Crippen LogP contribution in [0.5, 0.6) is 0 Å². The molecule has 0 amide bonds. The van der Waals surface area contributed by atoms with Gasteiger partial charge in [0.1, 0.15) is 6.04 Å². The zero-order valence-electron chi connectivity index (χ0n) is 11.5. The monoisotopic (exact) mass is 319 g/mol. The molecule has 2 aliphatic heterocycles. The minimum absolute atomic E-state index is 0.227. The molecule has 108 valence electrons. The van der Waals surface area contributed by atoms with Gasteiger partial charge in [-0.2, -0.15) is 0 Å². The summed E-state index contributed by atoms with van der Waals surface area (Å²) in [6.45, 7) is 2.65. The number of aliphatic carboxylic acids is 1. The Balaban J connectivity index is 1.97. The summed E-state index contributed by atoms with van der Waals surface area (Å²) >= 11 is 11.9. The summed E-state index contributed by atoms with van der Waals surface area (Å²) in [5, 5.41) is 9.83. The molecular formula is C16H14ClNO2S. The van der Waals surface area contributed by atoms with Gasteiger partial charge >= 0.3 is 5.97 Å². The standard InChI is InChI=1S/C16H14ClNO2S/c1-9-3-2-4-10(7-9)15(21)14-12(17)8-13-11(16(19)20)5-6-18(13)14/h2-4,7-8,14H,5-6H2,1H3,(H,19,20). The zero-order valence-corrected chi connectivity index (χ0v) is 13.0. The van der Waals surface area contributed by atoms with Crippen molar-refractivity contribution < 1.29 is 9.90 Å². The minimum Gasteiger partial charge on any atom is -0.478 e. The molecule has 0 saturated heterocycles. The highest BCUT2D eigenvalue weighted by molar-refractivity contribution is 7.81. The summed E-state index contributed by atoms with van der Waals surface area (Å²) in [7, 11) is 0. The lowest BCUT2D eigenvalue weighted by Crippen LogP contribution is -2.35. The number of thiocarbonyl (C=S) groups is 1. The Morgan fingerprint density at radius 1 is 1.48 bits per heavy atom. The largest absolute Gasteiger partial charge is 0.478 e. The van der Waals surface area contributed by atoms with Gasteiger partial charge in [-0.15, -0.1) is 0 Å². The number of fused-ring (bicyclic) bond motifs is 1. The van der Waals surface area contributed by atoms with Gasteiger partial charge in [0.2, 0.25) is 0 Å². The zero-order chi connectivity index (χ0) is 15.1. The molecule has 5 heteroatoms. The lowest BCUT2D eigenvalue weighted by atomic mass is 10.0. The molecule has 21 heavy (non-hydrogen) atoms. The van der Waals surface area contributed by atoms with Crippen molar-refractivity contribution in [2.45, 2.75) is 19.4 Å². The molecule has 2 heterocycles. The van der Waals surface area contributed by atoms with Gasteiger partial charge in [0.05, 0.1) is 10.4 Å². The first-order valence-electron chi connectivity index (χ1n) is 6.70. The van der Waals surface area contributed by atoms with E-state index in [2.05, 4.69) is 0 Å². The Hall–Kier alpha value is -1.65. The number of hydrogen-bond acceptors (Lipinski definition) is 3. The second-order valence-electron chi connectivity index (χ2n) is 5.28. The third kappa shape index (κ3) is 2.39. The SMILES string of the molecule is Cc1cccc(C(=S)C2C(Cl)=CC3=C(C(=O)O)CCN32)c1. The van der Waals surface area contributed by atoms with E-state index < -0.39 is 5.97 Å². The molecule has 0 bridgehead atoms. The van der Waals surface area contributed by atoms with Crippen molar-refractivity contribution in [3.63, 3.8) is 0 Å². The van der Waals surface area contributed by atoms with Crippen LogP contribution in [0.4, 0.5) is 0 Å². The summed E-state index contributed by atoms with van der Waals surface area (Å²) < 4.78 is 0. The van der Waals surface area contributed by atoms with E-state index in [0.717, 1.165) is 16.0 Å². The molecule has 3 nitrogen and oxygen atoms in total. The van der Waals surface area contributed by atoms with Crippen molar-refractivity contribution in [1.29, 1.82) is 0 Å².